The van der Waals surface area contributed by atoms with Crippen molar-refractivity contribution in [1.82, 2.24) is 4.90 Å². The molecule has 0 radical (unpaired) electrons. The monoisotopic (exact) mass is 352 g/mol. The first kappa shape index (κ1) is 18.4. The van der Waals surface area contributed by atoms with E-state index in [9.17, 15) is 28.1 Å². The lowest BCUT2D eigenvalue weighted by Crippen LogP contribution is -2.28. The molecule has 0 aliphatic carbocycles. The minimum Gasteiger partial charge on any atom is -0.341 e. The second-order valence-corrected chi connectivity index (χ2v) is 5.51. The van der Waals surface area contributed by atoms with Gasteiger partial charge in [-0.15, -0.1) is 0 Å². The average Bonchev–Trinajstić information content (AvgIpc) is 2.54. The van der Waals surface area contributed by atoms with E-state index in [1.165, 1.54) is 54.4 Å². The van der Waals surface area contributed by atoms with Gasteiger partial charge in [0.05, 0.1) is 16.9 Å². The van der Waals surface area contributed by atoms with Crippen LogP contribution in [0.15, 0.2) is 48.5 Å². The van der Waals surface area contributed by atoms with Crippen LogP contribution in [0.2, 0.25) is 0 Å². The quantitative estimate of drug-likeness (QED) is 0.607. The standard InChI is InChI=1S/C17H15F3N2O3/c1-21(11-13-4-2-3-5-15(13)17(18,19)20)16(23)10-12-6-8-14(9-7-12)22(24)25/h2-9H,10-11H2,1H3. The van der Waals surface area contributed by atoms with Gasteiger partial charge in [0, 0.05) is 25.7 Å². The molecule has 0 atom stereocenters. The van der Waals surface area contributed by atoms with Crippen LogP contribution in [0.4, 0.5) is 18.9 Å². The Morgan fingerprint density at radius 1 is 1.12 bits per heavy atom. The molecule has 132 valence electrons. The van der Waals surface area contributed by atoms with Crippen molar-refractivity contribution in [3.8, 4) is 0 Å². The highest BCUT2D eigenvalue weighted by atomic mass is 19.4. The molecule has 0 aliphatic heterocycles. The number of benzene rings is 2. The van der Waals surface area contributed by atoms with Crippen LogP contribution in [-0.2, 0) is 23.9 Å². The second-order valence-electron chi connectivity index (χ2n) is 5.51. The summed E-state index contributed by atoms with van der Waals surface area (Å²) in [5.74, 6) is -0.383. The molecule has 25 heavy (non-hydrogen) atoms. The molecule has 0 saturated heterocycles. The van der Waals surface area contributed by atoms with E-state index in [4.69, 9.17) is 0 Å². The number of alkyl halides is 3. The van der Waals surface area contributed by atoms with Crippen LogP contribution < -0.4 is 0 Å². The number of hydrogen-bond donors (Lipinski definition) is 0. The summed E-state index contributed by atoms with van der Waals surface area (Å²) >= 11 is 0. The molecule has 0 unspecified atom stereocenters. The minimum absolute atomic E-state index is 0.00884. The van der Waals surface area contributed by atoms with Gasteiger partial charge in [0.15, 0.2) is 0 Å². The van der Waals surface area contributed by atoms with Crippen molar-refractivity contribution in [2.45, 2.75) is 19.1 Å². The molecule has 5 nitrogen and oxygen atoms in total. The van der Waals surface area contributed by atoms with Gasteiger partial charge in [0.2, 0.25) is 5.91 Å². The Labute approximate surface area is 141 Å². The molecule has 0 N–H and O–H groups in total. The summed E-state index contributed by atoms with van der Waals surface area (Å²) in [6, 6.07) is 10.6. The van der Waals surface area contributed by atoms with Gasteiger partial charge in [0.25, 0.3) is 5.69 Å². The number of halogens is 3. The van der Waals surface area contributed by atoms with Crippen LogP contribution in [0.1, 0.15) is 16.7 Å². The van der Waals surface area contributed by atoms with Gasteiger partial charge in [0.1, 0.15) is 0 Å². The molecule has 2 aromatic carbocycles. The number of nitro benzene ring substituents is 1. The first-order valence-electron chi connectivity index (χ1n) is 7.31. The number of rotatable bonds is 5. The fourth-order valence-electron chi connectivity index (χ4n) is 2.32. The number of non-ortho nitro benzene ring substituents is 1. The van der Waals surface area contributed by atoms with Gasteiger partial charge in [-0.2, -0.15) is 13.2 Å². The number of likely N-dealkylation sites (N-methyl/N-ethyl adjacent to an activating group) is 1. The Bertz CT molecular complexity index is 773. The molecule has 0 saturated carbocycles. The normalized spacial score (nSPS) is 11.2. The lowest BCUT2D eigenvalue weighted by molar-refractivity contribution is -0.384. The van der Waals surface area contributed by atoms with Crippen molar-refractivity contribution in [3.05, 3.63) is 75.3 Å². The molecular weight excluding hydrogens is 337 g/mol. The molecule has 0 fully saturated rings. The molecule has 0 aliphatic rings. The SMILES string of the molecule is CN(Cc1ccccc1C(F)(F)F)C(=O)Cc1ccc([N+](=O)[O-])cc1. The lowest BCUT2D eigenvalue weighted by atomic mass is 10.1. The minimum atomic E-state index is -4.49. The average molecular weight is 352 g/mol. The molecule has 0 bridgehead atoms. The predicted molar refractivity (Wildman–Crippen MR) is 84.7 cm³/mol. The molecule has 8 heteroatoms. The highest BCUT2D eigenvalue weighted by Crippen LogP contribution is 2.32. The molecular formula is C17H15F3N2O3. The molecule has 2 aromatic rings. The zero-order valence-electron chi connectivity index (χ0n) is 13.3. The largest absolute Gasteiger partial charge is 0.416 e. The van der Waals surface area contributed by atoms with Gasteiger partial charge < -0.3 is 4.90 Å². The number of nitro groups is 1. The van der Waals surface area contributed by atoms with E-state index in [1.54, 1.807) is 0 Å². The van der Waals surface area contributed by atoms with Crippen LogP contribution in [-0.4, -0.2) is 22.8 Å². The third-order valence-electron chi connectivity index (χ3n) is 3.66. The lowest BCUT2D eigenvalue weighted by Gasteiger charge is -2.20. The number of amides is 1. The summed E-state index contributed by atoms with van der Waals surface area (Å²) in [5, 5.41) is 10.6. The van der Waals surface area contributed by atoms with E-state index in [0.29, 0.717) is 5.56 Å². The van der Waals surface area contributed by atoms with Crippen LogP contribution in [0.25, 0.3) is 0 Å². The highest BCUT2D eigenvalue weighted by molar-refractivity contribution is 5.78. The van der Waals surface area contributed by atoms with Gasteiger partial charge in [-0.1, -0.05) is 30.3 Å². The zero-order valence-corrected chi connectivity index (χ0v) is 13.3. The number of hydrogen-bond acceptors (Lipinski definition) is 3. The van der Waals surface area contributed by atoms with Crippen molar-refractivity contribution in [2.24, 2.45) is 0 Å². The Hall–Kier alpha value is -2.90. The first-order chi connectivity index (χ1) is 11.7. The van der Waals surface area contributed by atoms with Gasteiger partial charge in [-0.3, -0.25) is 14.9 Å². The fraction of sp³-hybridized carbons (Fsp3) is 0.235. The van der Waals surface area contributed by atoms with E-state index in [2.05, 4.69) is 0 Å². The van der Waals surface area contributed by atoms with Crippen LogP contribution >= 0.6 is 0 Å². The van der Waals surface area contributed by atoms with Crippen LogP contribution in [0.3, 0.4) is 0 Å². The maximum Gasteiger partial charge on any atom is 0.416 e. The smallest absolute Gasteiger partial charge is 0.341 e. The number of carbonyl (C=O) groups is 1. The van der Waals surface area contributed by atoms with E-state index >= 15 is 0 Å². The maximum atomic E-state index is 13.0. The molecule has 0 spiro atoms. The fourth-order valence-corrected chi connectivity index (χ4v) is 2.32. The molecule has 0 heterocycles. The van der Waals surface area contributed by atoms with E-state index in [0.717, 1.165) is 6.07 Å². The van der Waals surface area contributed by atoms with Crippen LogP contribution in [0.5, 0.6) is 0 Å². The second kappa shape index (κ2) is 7.33. The number of nitrogens with zero attached hydrogens (tertiary/aromatic N) is 2. The van der Waals surface area contributed by atoms with Crippen molar-refractivity contribution < 1.29 is 22.9 Å². The Morgan fingerprint density at radius 3 is 2.28 bits per heavy atom. The Balaban J connectivity index is 2.07. The van der Waals surface area contributed by atoms with Crippen LogP contribution in [0, 0.1) is 10.1 Å². The van der Waals surface area contributed by atoms with Crippen molar-refractivity contribution in [3.63, 3.8) is 0 Å². The summed E-state index contributed by atoms with van der Waals surface area (Å²) in [7, 11) is 1.42. The Morgan fingerprint density at radius 2 is 1.72 bits per heavy atom. The third kappa shape index (κ3) is 4.79. The third-order valence-corrected chi connectivity index (χ3v) is 3.66. The molecule has 2 rings (SSSR count). The first-order valence-corrected chi connectivity index (χ1v) is 7.31. The summed E-state index contributed by atoms with van der Waals surface area (Å²) in [4.78, 5) is 23.5. The van der Waals surface area contributed by atoms with Crippen molar-refractivity contribution in [1.29, 1.82) is 0 Å². The highest BCUT2D eigenvalue weighted by Gasteiger charge is 2.33. The van der Waals surface area contributed by atoms with Crippen molar-refractivity contribution in [2.75, 3.05) is 7.05 Å². The molecule has 0 aromatic heterocycles. The van der Waals surface area contributed by atoms with E-state index < -0.39 is 16.7 Å². The predicted octanol–water partition coefficient (Wildman–Crippen LogP) is 3.81. The van der Waals surface area contributed by atoms with Gasteiger partial charge in [-0.05, 0) is 17.2 Å². The van der Waals surface area contributed by atoms with Gasteiger partial charge >= 0.3 is 6.18 Å². The topological polar surface area (TPSA) is 63.5 Å². The molecule has 1 amide bonds. The zero-order chi connectivity index (χ0) is 18.6. The van der Waals surface area contributed by atoms with Gasteiger partial charge in [-0.25, -0.2) is 0 Å². The summed E-state index contributed by atoms with van der Waals surface area (Å²) in [5.41, 5.74) is -0.310. The summed E-state index contributed by atoms with van der Waals surface area (Å²) in [6.07, 6.45) is -4.54. The Kier molecular flexibility index (Phi) is 5.41. The summed E-state index contributed by atoms with van der Waals surface area (Å²) < 4.78 is 39.0. The number of carbonyl (C=O) groups excluding carboxylic acids is 1. The maximum absolute atomic E-state index is 13.0. The van der Waals surface area contributed by atoms with E-state index in [-0.39, 0.29) is 30.1 Å². The van der Waals surface area contributed by atoms with E-state index in [1.807, 2.05) is 0 Å². The van der Waals surface area contributed by atoms with Crippen molar-refractivity contribution >= 4 is 11.6 Å². The summed E-state index contributed by atoms with van der Waals surface area (Å²) in [6.45, 7) is -0.179.